The van der Waals surface area contributed by atoms with E-state index in [-0.39, 0.29) is 11.4 Å². The number of para-hydroxylation sites is 1. The number of amides is 2. The molecule has 0 saturated heterocycles. The zero-order valence-electron chi connectivity index (χ0n) is 10.2. The largest absolute Gasteiger partial charge is 0.323 e. The number of anilines is 2. The maximum atomic E-state index is 13.1. The van der Waals surface area contributed by atoms with E-state index in [1.807, 2.05) is 0 Å². The highest BCUT2D eigenvalue weighted by atomic mass is 19.1. The summed E-state index contributed by atoms with van der Waals surface area (Å²) >= 11 is 0. The molecule has 2 aromatic carbocycles. The maximum Gasteiger partial charge on any atom is 0.323 e. The number of hydrogen-bond acceptors (Lipinski definition) is 3. The molecule has 2 aromatic rings. The Bertz CT molecular complexity index is 647. The molecule has 0 bridgehead atoms. The molecule has 0 atom stereocenters. The number of urea groups is 1. The van der Waals surface area contributed by atoms with E-state index in [4.69, 9.17) is 0 Å². The summed E-state index contributed by atoms with van der Waals surface area (Å²) in [6, 6.07) is 10.7. The molecule has 6 nitrogen and oxygen atoms in total. The first-order valence-electron chi connectivity index (χ1n) is 5.63. The Morgan fingerprint density at radius 3 is 2.45 bits per heavy atom. The topological polar surface area (TPSA) is 84.3 Å². The number of nitrogens with zero attached hydrogens (tertiary/aromatic N) is 1. The minimum atomic E-state index is -0.697. The lowest BCUT2D eigenvalue weighted by atomic mass is 10.2. The molecule has 2 amide bonds. The summed E-state index contributed by atoms with van der Waals surface area (Å²) < 4.78 is 13.1. The van der Waals surface area contributed by atoms with Crippen molar-refractivity contribution in [3.05, 3.63) is 64.5 Å². The molecule has 102 valence electrons. The Balaban J connectivity index is 2.15. The van der Waals surface area contributed by atoms with Gasteiger partial charge in [0.2, 0.25) is 0 Å². The van der Waals surface area contributed by atoms with Gasteiger partial charge in [0.05, 0.1) is 4.92 Å². The molecule has 0 aliphatic carbocycles. The van der Waals surface area contributed by atoms with Gasteiger partial charge in [-0.1, -0.05) is 18.2 Å². The number of hydrogen-bond donors (Lipinski definition) is 2. The lowest BCUT2D eigenvalue weighted by Gasteiger charge is -2.08. The van der Waals surface area contributed by atoms with E-state index in [1.54, 1.807) is 30.3 Å². The van der Waals surface area contributed by atoms with Crippen LogP contribution in [0, 0.1) is 15.9 Å². The maximum absolute atomic E-state index is 13.1. The summed E-state index contributed by atoms with van der Waals surface area (Å²) in [5.41, 5.74) is -0.0675. The molecular weight excluding hydrogens is 265 g/mol. The van der Waals surface area contributed by atoms with E-state index in [9.17, 15) is 19.3 Å². The van der Waals surface area contributed by atoms with E-state index in [2.05, 4.69) is 10.6 Å². The van der Waals surface area contributed by atoms with Gasteiger partial charge in [-0.3, -0.25) is 10.1 Å². The molecule has 2 N–H and O–H groups in total. The summed E-state index contributed by atoms with van der Waals surface area (Å²) in [4.78, 5) is 21.8. The molecule has 7 heteroatoms. The molecule has 0 fully saturated rings. The predicted octanol–water partition coefficient (Wildman–Crippen LogP) is 3.38. The molecule has 0 aliphatic heterocycles. The van der Waals surface area contributed by atoms with Crippen LogP contribution in [0.3, 0.4) is 0 Å². The Morgan fingerprint density at radius 2 is 1.80 bits per heavy atom. The fourth-order valence-electron chi connectivity index (χ4n) is 1.57. The van der Waals surface area contributed by atoms with Crippen molar-refractivity contribution in [1.82, 2.24) is 0 Å². The Labute approximate surface area is 113 Å². The van der Waals surface area contributed by atoms with Crippen LogP contribution in [0.25, 0.3) is 0 Å². The van der Waals surface area contributed by atoms with Crippen LogP contribution in [0.15, 0.2) is 48.5 Å². The quantitative estimate of drug-likeness (QED) is 0.665. The number of benzene rings is 2. The second-order valence-corrected chi connectivity index (χ2v) is 3.86. The second-order valence-electron chi connectivity index (χ2n) is 3.86. The molecule has 0 radical (unpaired) electrons. The van der Waals surface area contributed by atoms with E-state index in [0.29, 0.717) is 5.69 Å². The third-order valence-electron chi connectivity index (χ3n) is 2.44. The zero-order chi connectivity index (χ0) is 14.5. The minimum absolute atomic E-state index is 0.205. The Hall–Kier alpha value is -2.96. The SMILES string of the molecule is O=C(Nc1ccccc1)Nc1cc(F)ccc1[N+](=O)[O-]. The fourth-order valence-corrected chi connectivity index (χ4v) is 1.57. The fraction of sp³-hybridized carbons (Fsp3) is 0. The van der Waals surface area contributed by atoms with Crippen molar-refractivity contribution in [1.29, 1.82) is 0 Å². The van der Waals surface area contributed by atoms with Gasteiger partial charge in [-0.2, -0.15) is 0 Å². The van der Waals surface area contributed by atoms with Crippen LogP contribution < -0.4 is 10.6 Å². The number of nitro benzene ring substituents is 1. The van der Waals surface area contributed by atoms with E-state index in [0.717, 1.165) is 18.2 Å². The van der Waals surface area contributed by atoms with E-state index < -0.39 is 16.8 Å². The van der Waals surface area contributed by atoms with Gasteiger partial charge in [0, 0.05) is 17.8 Å². The average molecular weight is 275 g/mol. The van der Waals surface area contributed by atoms with Crippen LogP contribution in [0.4, 0.5) is 26.2 Å². The number of carbonyl (C=O) groups is 1. The number of nitrogens with one attached hydrogen (secondary N) is 2. The van der Waals surface area contributed by atoms with Crippen LogP contribution in [-0.4, -0.2) is 11.0 Å². The standard InChI is InChI=1S/C13H10FN3O3/c14-9-6-7-12(17(19)20)11(8-9)16-13(18)15-10-4-2-1-3-5-10/h1-8H,(H2,15,16,18). The van der Waals surface area contributed by atoms with Crippen molar-refractivity contribution in [2.45, 2.75) is 0 Å². The Morgan fingerprint density at radius 1 is 1.10 bits per heavy atom. The van der Waals surface area contributed by atoms with Gasteiger partial charge >= 0.3 is 6.03 Å². The van der Waals surface area contributed by atoms with Gasteiger partial charge in [0.1, 0.15) is 11.5 Å². The van der Waals surface area contributed by atoms with Gasteiger partial charge in [0.15, 0.2) is 0 Å². The van der Waals surface area contributed by atoms with Gasteiger partial charge in [-0.25, -0.2) is 9.18 Å². The summed E-state index contributed by atoms with van der Waals surface area (Å²) in [5, 5.41) is 15.5. The van der Waals surface area contributed by atoms with Gasteiger partial charge in [-0.15, -0.1) is 0 Å². The van der Waals surface area contributed by atoms with Crippen molar-refractivity contribution in [3.63, 3.8) is 0 Å². The van der Waals surface area contributed by atoms with Crippen LogP contribution in [0.1, 0.15) is 0 Å². The normalized spacial score (nSPS) is 9.85. The molecule has 0 aromatic heterocycles. The highest BCUT2D eigenvalue weighted by Gasteiger charge is 2.16. The average Bonchev–Trinajstić information content (AvgIpc) is 2.39. The molecule has 2 rings (SSSR count). The molecule has 0 saturated carbocycles. The lowest BCUT2D eigenvalue weighted by molar-refractivity contribution is -0.384. The Kier molecular flexibility index (Phi) is 3.90. The second kappa shape index (κ2) is 5.79. The summed E-state index contributed by atoms with van der Waals surface area (Å²) in [6.45, 7) is 0. The third-order valence-corrected chi connectivity index (χ3v) is 2.44. The van der Waals surface area contributed by atoms with E-state index >= 15 is 0 Å². The smallest absolute Gasteiger partial charge is 0.308 e. The van der Waals surface area contributed by atoms with Gasteiger partial charge in [0.25, 0.3) is 5.69 Å². The van der Waals surface area contributed by atoms with Gasteiger partial charge in [-0.05, 0) is 18.2 Å². The first-order valence-corrected chi connectivity index (χ1v) is 5.63. The summed E-state index contributed by atoms with van der Waals surface area (Å²) in [7, 11) is 0. The monoisotopic (exact) mass is 275 g/mol. The van der Waals surface area contributed by atoms with Crippen LogP contribution in [0.2, 0.25) is 0 Å². The lowest BCUT2D eigenvalue weighted by Crippen LogP contribution is -2.20. The predicted molar refractivity (Wildman–Crippen MR) is 72.1 cm³/mol. The van der Waals surface area contributed by atoms with E-state index in [1.165, 1.54) is 0 Å². The molecule has 0 aliphatic rings. The molecule has 0 spiro atoms. The third kappa shape index (κ3) is 3.29. The van der Waals surface area contributed by atoms with Gasteiger partial charge < -0.3 is 10.6 Å². The highest BCUT2D eigenvalue weighted by Crippen LogP contribution is 2.25. The first-order chi connectivity index (χ1) is 9.56. The highest BCUT2D eigenvalue weighted by molar-refractivity contribution is 6.01. The van der Waals surface area contributed by atoms with Crippen molar-refractivity contribution in [3.8, 4) is 0 Å². The van der Waals surface area contributed by atoms with Crippen LogP contribution in [-0.2, 0) is 0 Å². The number of rotatable bonds is 3. The summed E-state index contributed by atoms with van der Waals surface area (Å²) in [6.07, 6.45) is 0. The summed E-state index contributed by atoms with van der Waals surface area (Å²) in [5.74, 6) is -0.675. The van der Waals surface area contributed by atoms with Crippen molar-refractivity contribution < 1.29 is 14.1 Å². The molecule has 20 heavy (non-hydrogen) atoms. The molecule has 0 unspecified atom stereocenters. The van der Waals surface area contributed by atoms with Crippen molar-refractivity contribution in [2.24, 2.45) is 0 Å². The molecular formula is C13H10FN3O3. The first kappa shape index (κ1) is 13.5. The number of halogens is 1. The van der Waals surface area contributed by atoms with Crippen LogP contribution >= 0.6 is 0 Å². The van der Waals surface area contributed by atoms with Crippen molar-refractivity contribution >= 4 is 23.1 Å². The molecule has 0 heterocycles. The van der Waals surface area contributed by atoms with Crippen LogP contribution in [0.5, 0.6) is 0 Å². The number of carbonyl (C=O) groups excluding carboxylic acids is 1. The minimum Gasteiger partial charge on any atom is -0.308 e. The van der Waals surface area contributed by atoms with Crippen molar-refractivity contribution in [2.75, 3.05) is 10.6 Å². The zero-order valence-corrected chi connectivity index (χ0v) is 10.2. The number of nitro groups is 1.